The van der Waals surface area contributed by atoms with Crippen LogP contribution in [0.15, 0.2) is 42.6 Å². The number of rotatable bonds is 2. The van der Waals surface area contributed by atoms with Gasteiger partial charge in [0.1, 0.15) is 5.60 Å². The Morgan fingerprint density at radius 1 is 1.10 bits per heavy atom. The molecule has 110 valence electrons. The van der Waals surface area contributed by atoms with E-state index in [1.54, 1.807) is 51.2 Å². The van der Waals surface area contributed by atoms with Crippen molar-refractivity contribution >= 4 is 12.1 Å². The van der Waals surface area contributed by atoms with Gasteiger partial charge in [-0.15, -0.1) is 0 Å². The van der Waals surface area contributed by atoms with Gasteiger partial charge in [-0.3, -0.25) is 4.57 Å². The largest absolute Gasteiger partial charge is 0.545 e. The van der Waals surface area contributed by atoms with Gasteiger partial charge >= 0.3 is 6.09 Å². The molecule has 5 heteroatoms. The SMILES string of the molecule is CC(C)(C)OC(=O)n1cccc1-c1ccc(C(=O)[O-])cc1. The van der Waals surface area contributed by atoms with Crippen LogP contribution in [0.5, 0.6) is 0 Å². The fourth-order valence-corrected chi connectivity index (χ4v) is 1.86. The highest BCUT2D eigenvalue weighted by molar-refractivity contribution is 5.87. The molecule has 0 aliphatic carbocycles. The van der Waals surface area contributed by atoms with Gasteiger partial charge in [0.2, 0.25) is 0 Å². The van der Waals surface area contributed by atoms with E-state index in [9.17, 15) is 14.7 Å². The van der Waals surface area contributed by atoms with Crippen LogP contribution in [0, 0.1) is 0 Å². The van der Waals surface area contributed by atoms with E-state index in [0.29, 0.717) is 5.69 Å². The second-order valence-electron chi connectivity index (χ2n) is 5.61. The number of nitrogens with zero attached hydrogens (tertiary/aromatic N) is 1. The maximum Gasteiger partial charge on any atom is 0.418 e. The van der Waals surface area contributed by atoms with Gasteiger partial charge in [-0.25, -0.2) is 4.79 Å². The lowest BCUT2D eigenvalue weighted by Crippen LogP contribution is -2.27. The lowest BCUT2D eigenvalue weighted by atomic mass is 10.1. The van der Waals surface area contributed by atoms with Crippen molar-refractivity contribution in [1.29, 1.82) is 0 Å². The molecule has 0 N–H and O–H groups in total. The number of aromatic nitrogens is 1. The van der Waals surface area contributed by atoms with Crippen LogP contribution in [-0.2, 0) is 4.74 Å². The molecule has 2 aromatic rings. The summed E-state index contributed by atoms with van der Waals surface area (Å²) in [5.41, 5.74) is 0.858. The lowest BCUT2D eigenvalue weighted by molar-refractivity contribution is -0.255. The monoisotopic (exact) mass is 286 g/mol. The van der Waals surface area contributed by atoms with Crippen LogP contribution >= 0.6 is 0 Å². The van der Waals surface area contributed by atoms with Crippen molar-refractivity contribution in [3.8, 4) is 11.3 Å². The van der Waals surface area contributed by atoms with Gasteiger partial charge in [0.15, 0.2) is 0 Å². The molecule has 0 saturated heterocycles. The van der Waals surface area contributed by atoms with Crippen LogP contribution in [0.4, 0.5) is 4.79 Å². The Morgan fingerprint density at radius 2 is 1.71 bits per heavy atom. The topological polar surface area (TPSA) is 71.4 Å². The minimum absolute atomic E-state index is 0.0918. The molecule has 0 atom stereocenters. The van der Waals surface area contributed by atoms with Gasteiger partial charge in [0, 0.05) is 6.20 Å². The van der Waals surface area contributed by atoms with E-state index in [0.717, 1.165) is 5.56 Å². The Labute approximate surface area is 122 Å². The minimum atomic E-state index is -1.23. The predicted molar refractivity (Wildman–Crippen MR) is 75.8 cm³/mol. The van der Waals surface area contributed by atoms with Gasteiger partial charge in [-0.1, -0.05) is 24.3 Å². The summed E-state index contributed by atoms with van der Waals surface area (Å²) in [6.45, 7) is 5.38. The molecule has 5 nitrogen and oxygen atoms in total. The highest BCUT2D eigenvalue weighted by atomic mass is 16.6. The smallest absolute Gasteiger partial charge is 0.418 e. The Kier molecular flexibility index (Phi) is 3.84. The summed E-state index contributed by atoms with van der Waals surface area (Å²) in [6.07, 6.45) is 1.13. The first kappa shape index (κ1) is 14.8. The molecular formula is C16H16NO4-. The zero-order valence-corrected chi connectivity index (χ0v) is 12.1. The summed E-state index contributed by atoms with van der Waals surface area (Å²) in [6, 6.07) is 9.63. The number of hydrogen-bond acceptors (Lipinski definition) is 4. The Bertz CT molecular complexity index is 662. The third kappa shape index (κ3) is 3.51. The predicted octanol–water partition coefficient (Wildman–Crippen LogP) is 2.30. The Morgan fingerprint density at radius 3 is 2.24 bits per heavy atom. The van der Waals surface area contributed by atoms with Crippen LogP contribution in [0.2, 0.25) is 0 Å². The van der Waals surface area contributed by atoms with E-state index in [-0.39, 0.29) is 5.56 Å². The molecule has 0 radical (unpaired) electrons. The number of carbonyl (C=O) groups excluding carboxylic acids is 2. The van der Waals surface area contributed by atoms with E-state index in [1.165, 1.54) is 16.7 Å². The molecule has 0 spiro atoms. The highest BCUT2D eigenvalue weighted by Gasteiger charge is 2.19. The molecule has 1 heterocycles. The molecular weight excluding hydrogens is 270 g/mol. The molecule has 0 aliphatic heterocycles. The second-order valence-corrected chi connectivity index (χ2v) is 5.61. The number of aromatic carboxylic acids is 1. The van der Waals surface area contributed by atoms with Crippen LogP contribution in [0.25, 0.3) is 11.3 Å². The zero-order valence-electron chi connectivity index (χ0n) is 12.1. The van der Waals surface area contributed by atoms with Crippen molar-refractivity contribution in [1.82, 2.24) is 4.57 Å². The van der Waals surface area contributed by atoms with Crippen molar-refractivity contribution in [2.75, 3.05) is 0 Å². The number of ether oxygens (including phenoxy) is 1. The Hall–Kier alpha value is -2.56. The molecule has 2 rings (SSSR count). The third-order valence-electron chi connectivity index (χ3n) is 2.76. The van der Waals surface area contributed by atoms with Crippen LogP contribution in [0.3, 0.4) is 0 Å². The quantitative estimate of drug-likeness (QED) is 0.849. The molecule has 0 bridgehead atoms. The van der Waals surface area contributed by atoms with Gasteiger partial charge in [0.05, 0.1) is 11.7 Å². The summed E-state index contributed by atoms with van der Waals surface area (Å²) in [7, 11) is 0. The minimum Gasteiger partial charge on any atom is -0.545 e. The van der Waals surface area contributed by atoms with Gasteiger partial charge in [-0.05, 0) is 44.0 Å². The summed E-state index contributed by atoms with van der Waals surface area (Å²) in [5.74, 6) is -1.23. The number of hydrogen-bond donors (Lipinski definition) is 0. The fourth-order valence-electron chi connectivity index (χ4n) is 1.86. The first-order valence-corrected chi connectivity index (χ1v) is 6.50. The highest BCUT2D eigenvalue weighted by Crippen LogP contribution is 2.22. The molecule has 0 saturated carbocycles. The van der Waals surface area contributed by atoms with Gasteiger partial charge in [0.25, 0.3) is 0 Å². The molecule has 0 aliphatic rings. The van der Waals surface area contributed by atoms with Gasteiger partial charge < -0.3 is 14.6 Å². The second kappa shape index (κ2) is 5.44. The molecule has 1 aromatic carbocycles. The van der Waals surface area contributed by atoms with Crippen LogP contribution in [-0.4, -0.2) is 22.2 Å². The van der Waals surface area contributed by atoms with E-state index in [2.05, 4.69) is 0 Å². The number of carbonyl (C=O) groups is 2. The summed E-state index contributed by atoms with van der Waals surface area (Å²) in [5, 5.41) is 10.7. The van der Waals surface area contributed by atoms with Crippen molar-refractivity contribution in [2.45, 2.75) is 26.4 Å². The van der Waals surface area contributed by atoms with Crippen LogP contribution < -0.4 is 5.11 Å². The molecule has 0 unspecified atom stereocenters. The zero-order chi connectivity index (χ0) is 15.6. The van der Waals surface area contributed by atoms with Crippen molar-refractivity contribution in [3.05, 3.63) is 48.2 Å². The first-order valence-electron chi connectivity index (χ1n) is 6.50. The van der Waals surface area contributed by atoms with Crippen LogP contribution in [0.1, 0.15) is 31.1 Å². The molecule has 0 amide bonds. The normalized spacial score (nSPS) is 11.2. The third-order valence-corrected chi connectivity index (χ3v) is 2.76. The summed E-state index contributed by atoms with van der Waals surface area (Å²) < 4.78 is 6.71. The van der Waals surface area contributed by atoms with E-state index < -0.39 is 17.7 Å². The molecule has 21 heavy (non-hydrogen) atoms. The van der Waals surface area contributed by atoms with E-state index >= 15 is 0 Å². The van der Waals surface area contributed by atoms with Crippen molar-refractivity contribution < 1.29 is 19.4 Å². The van der Waals surface area contributed by atoms with E-state index in [1.807, 2.05) is 0 Å². The summed E-state index contributed by atoms with van der Waals surface area (Å²) >= 11 is 0. The summed E-state index contributed by atoms with van der Waals surface area (Å²) in [4.78, 5) is 22.9. The lowest BCUT2D eigenvalue weighted by Gasteiger charge is -2.20. The number of benzene rings is 1. The first-order chi connectivity index (χ1) is 9.78. The average molecular weight is 286 g/mol. The van der Waals surface area contributed by atoms with E-state index in [4.69, 9.17) is 4.74 Å². The molecule has 1 aromatic heterocycles. The standard InChI is InChI=1S/C16H17NO4/c1-16(2,3)21-15(20)17-10-4-5-13(17)11-6-8-12(9-7-11)14(18)19/h4-10H,1-3H3,(H,18,19)/p-1. The van der Waals surface area contributed by atoms with Crippen molar-refractivity contribution in [3.63, 3.8) is 0 Å². The maximum atomic E-state index is 12.1. The Balaban J connectivity index is 2.32. The molecule has 0 fully saturated rings. The number of carboxylic acid groups (broad SMARTS) is 1. The fraction of sp³-hybridized carbons (Fsp3) is 0.250. The van der Waals surface area contributed by atoms with Gasteiger partial charge in [-0.2, -0.15) is 0 Å². The average Bonchev–Trinajstić information content (AvgIpc) is 2.86. The van der Waals surface area contributed by atoms with Crippen molar-refractivity contribution in [2.24, 2.45) is 0 Å². The maximum absolute atomic E-state index is 12.1. The number of carboxylic acids is 1.